The maximum absolute atomic E-state index is 13.3. The van der Waals surface area contributed by atoms with Gasteiger partial charge in [-0.3, -0.25) is 0 Å². The lowest BCUT2D eigenvalue weighted by Gasteiger charge is -2.11. The van der Waals surface area contributed by atoms with Crippen LogP contribution in [0.1, 0.15) is 21.5 Å². The van der Waals surface area contributed by atoms with Crippen LogP contribution in [0.3, 0.4) is 0 Å². The molecule has 96 valence electrons. The van der Waals surface area contributed by atoms with Gasteiger partial charge in [-0.05, 0) is 12.1 Å². The summed E-state index contributed by atoms with van der Waals surface area (Å²) in [4.78, 5) is 14.1. The van der Waals surface area contributed by atoms with Crippen molar-refractivity contribution in [2.45, 2.75) is 12.7 Å². The molecule has 0 aromatic heterocycles. The molecule has 0 bridgehead atoms. The van der Waals surface area contributed by atoms with E-state index in [1.54, 1.807) is 0 Å². The largest absolute Gasteiger partial charge is 0.465 e. The third-order valence-electron chi connectivity index (χ3n) is 2.15. The van der Waals surface area contributed by atoms with E-state index in [2.05, 4.69) is 9.58 Å². The van der Waals surface area contributed by atoms with Gasteiger partial charge in [0, 0.05) is 5.56 Å². The van der Waals surface area contributed by atoms with Gasteiger partial charge in [-0.2, -0.15) is 13.2 Å². The Morgan fingerprint density at radius 1 is 1.44 bits per heavy atom. The number of alkyl halides is 3. The summed E-state index contributed by atoms with van der Waals surface area (Å²) in [5.74, 6) is -2.56. The van der Waals surface area contributed by atoms with E-state index in [1.807, 2.05) is 0 Å². The Bertz CT molecular complexity index is 517. The van der Waals surface area contributed by atoms with Crippen LogP contribution in [0.25, 0.3) is 4.85 Å². The summed E-state index contributed by atoms with van der Waals surface area (Å²) in [5, 5.41) is 0. The highest BCUT2D eigenvalue weighted by Gasteiger charge is 2.35. The maximum atomic E-state index is 13.3. The highest BCUT2D eigenvalue weighted by molar-refractivity contribution is 5.91. The average Bonchev–Trinajstić information content (AvgIpc) is 2.28. The number of carbonyl (C=O) groups excluding carboxylic acids is 1. The van der Waals surface area contributed by atoms with E-state index in [-0.39, 0.29) is 11.1 Å². The molecule has 3 nitrogen and oxygen atoms in total. The standard InChI is InChI=1S/C11H7F4NO2/c1-16-5-6-3-8(11(13,14)15)9(12)4-7(6)10(17)18-2/h3-4H,5H2,2H3. The summed E-state index contributed by atoms with van der Waals surface area (Å²) in [6, 6.07) is 0.898. The Balaban J connectivity index is 3.45. The van der Waals surface area contributed by atoms with E-state index in [1.165, 1.54) is 0 Å². The van der Waals surface area contributed by atoms with E-state index in [0.717, 1.165) is 7.11 Å². The van der Waals surface area contributed by atoms with Crippen LogP contribution in [0.4, 0.5) is 17.6 Å². The summed E-state index contributed by atoms with van der Waals surface area (Å²) < 4.78 is 54.9. The van der Waals surface area contributed by atoms with Gasteiger partial charge < -0.3 is 9.58 Å². The molecule has 1 aromatic carbocycles. The number of rotatable bonds is 2. The summed E-state index contributed by atoms with van der Waals surface area (Å²) in [5.41, 5.74) is -2.10. The van der Waals surface area contributed by atoms with E-state index < -0.39 is 30.1 Å². The molecule has 0 unspecified atom stereocenters. The SMILES string of the molecule is [C-]#[N+]Cc1cc(C(F)(F)F)c(F)cc1C(=O)OC. The minimum atomic E-state index is -4.88. The van der Waals surface area contributed by atoms with Crippen LogP contribution < -0.4 is 0 Å². The molecule has 0 amide bonds. The summed E-state index contributed by atoms with van der Waals surface area (Å²) >= 11 is 0. The lowest BCUT2D eigenvalue weighted by molar-refractivity contribution is -0.140. The Morgan fingerprint density at radius 2 is 2.06 bits per heavy atom. The number of carbonyl (C=O) groups is 1. The van der Waals surface area contributed by atoms with Gasteiger partial charge in [0.25, 0.3) is 0 Å². The number of nitrogens with zero attached hydrogens (tertiary/aromatic N) is 1. The van der Waals surface area contributed by atoms with E-state index in [0.29, 0.717) is 12.1 Å². The lowest BCUT2D eigenvalue weighted by atomic mass is 10.0. The predicted molar refractivity (Wildman–Crippen MR) is 53.0 cm³/mol. The Kier molecular flexibility index (Phi) is 3.91. The maximum Gasteiger partial charge on any atom is 0.419 e. The Morgan fingerprint density at radius 3 is 2.50 bits per heavy atom. The van der Waals surface area contributed by atoms with Crippen molar-refractivity contribution in [3.8, 4) is 0 Å². The summed E-state index contributed by atoms with van der Waals surface area (Å²) in [7, 11) is 1.01. The van der Waals surface area contributed by atoms with E-state index in [4.69, 9.17) is 6.57 Å². The topological polar surface area (TPSA) is 30.7 Å². The zero-order valence-corrected chi connectivity index (χ0v) is 9.14. The van der Waals surface area contributed by atoms with Gasteiger partial charge in [-0.25, -0.2) is 15.8 Å². The van der Waals surface area contributed by atoms with Gasteiger partial charge in [-0.1, -0.05) is 0 Å². The van der Waals surface area contributed by atoms with Crippen molar-refractivity contribution in [2.75, 3.05) is 7.11 Å². The van der Waals surface area contributed by atoms with E-state index >= 15 is 0 Å². The van der Waals surface area contributed by atoms with Crippen LogP contribution in [0.2, 0.25) is 0 Å². The predicted octanol–water partition coefficient (Wildman–Crippen LogP) is 3.05. The van der Waals surface area contributed by atoms with Crippen molar-refractivity contribution in [1.82, 2.24) is 0 Å². The van der Waals surface area contributed by atoms with Gasteiger partial charge >= 0.3 is 12.1 Å². The van der Waals surface area contributed by atoms with Crippen LogP contribution in [-0.2, 0) is 17.5 Å². The van der Waals surface area contributed by atoms with Crippen LogP contribution in [0.15, 0.2) is 12.1 Å². The number of benzene rings is 1. The van der Waals surface area contributed by atoms with Crippen molar-refractivity contribution in [2.24, 2.45) is 0 Å². The zero-order chi connectivity index (χ0) is 13.9. The van der Waals surface area contributed by atoms with Gasteiger partial charge in [0.15, 0.2) is 0 Å². The van der Waals surface area contributed by atoms with Gasteiger partial charge in [0.05, 0.1) is 18.2 Å². The zero-order valence-electron chi connectivity index (χ0n) is 9.14. The quantitative estimate of drug-likeness (QED) is 0.465. The molecule has 0 aliphatic heterocycles. The minimum Gasteiger partial charge on any atom is -0.465 e. The first kappa shape index (κ1) is 14.0. The first-order valence-corrected chi connectivity index (χ1v) is 4.62. The Hall–Kier alpha value is -2.10. The van der Waals surface area contributed by atoms with Crippen LogP contribution in [-0.4, -0.2) is 13.1 Å². The smallest absolute Gasteiger partial charge is 0.419 e. The molecule has 0 aliphatic rings. The van der Waals surface area contributed by atoms with Crippen LogP contribution >= 0.6 is 0 Å². The fourth-order valence-electron chi connectivity index (χ4n) is 1.35. The Labute approximate surface area is 99.8 Å². The first-order chi connectivity index (χ1) is 8.31. The molecule has 18 heavy (non-hydrogen) atoms. The molecule has 0 spiro atoms. The van der Waals surface area contributed by atoms with Gasteiger partial charge in [-0.15, -0.1) is 0 Å². The van der Waals surface area contributed by atoms with Crippen LogP contribution in [0.5, 0.6) is 0 Å². The fourth-order valence-corrected chi connectivity index (χ4v) is 1.35. The minimum absolute atomic E-state index is 0.217. The van der Waals surface area contributed by atoms with E-state index in [9.17, 15) is 22.4 Å². The number of hydrogen-bond donors (Lipinski definition) is 0. The number of hydrogen-bond acceptors (Lipinski definition) is 2. The van der Waals surface area contributed by atoms with Crippen molar-refractivity contribution in [3.05, 3.63) is 46.1 Å². The van der Waals surface area contributed by atoms with Crippen molar-refractivity contribution < 1.29 is 27.1 Å². The number of halogens is 4. The molecule has 1 aromatic rings. The average molecular weight is 261 g/mol. The first-order valence-electron chi connectivity index (χ1n) is 4.62. The summed E-state index contributed by atoms with van der Waals surface area (Å²) in [6.07, 6.45) is -4.88. The molecular formula is C11H7F4NO2. The summed E-state index contributed by atoms with van der Waals surface area (Å²) in [6.45, 7) is 6.15. The normalized spacial score (nSPS) is 10.9. The molecule has 0 saturated heterocycles. The molecule has 1 rings (SSSR count). The molecule has 0 N–H and O–H groups in total. The second-order valence-corrected chi connectivity index (χ2v) is 3.29. The molecule has 0 aliphatic carbocycles. The molecule has 0 saturated carbocycles. The van der Waals surface area contributed by atoms with Gasteiger partial charge in [0.1, 0.15) is 5.82 Å². The van der Waals surface area contributed by atoms with Gasteiger partial charge in [0.2, 0.25) is 6.54 Å². The second kappa shape index (κ2) is 5.04. The third-order valence-corrected chi connectivity index (χ3v) is 2.15. The molecule has 0 radical (unpaired) electrons. The number of esters is 1. The van der Waals surface area contributed by atoms with Crippen molar-refractivity contribution in [1.29, 1.82) is 0 Å². The fraction of sp³-hybridized carbons (Fsp3) is 0.273. The monoisotopic (exact) mass is 261 g/mol. The molecule has 0 atom stereocenters. The molecule has 0 fully saturated rings. The molecule has 7 heteroatoms. The molecule has 0 heterocycles. The van der Waals surface area contributed by atoms with Crippen LogP contribution in [0, 0.1) is 12.4 Å². The highest BCUT2D eigenvalue weighted by Crippen LogP contribution is 2.33. The number of ether oxygens (including phenoxy) is 1. The second-order valence-electron chi connectivity index (χ2n) is 3.29. The van der Waals surface area contributed by atoms with Crippen molar-refractivity contribution >= 4 is 5.97 Å². The van der Waals surface area contributed by atoms with Crippen molar-refractivity contribution in [3.63, 3.8) is 0 Å². The third kappa shape index (κ3) is 2.77. The number of methoxy groups -OCH3 is 1. The molecular weight excluding hydrogens is 254 g/mol. The highest BCUT2D eigenvalue weighted by atomic mass is 19.4. The lowest BCUT2D eigenvalue weighted by Crippen LogP contribution is -2.13.